The van der Waals surface area contributed by atoms with Crippen LogP contribution in [0.3, 0.4) is 0 Å². The number of piperazine rings is 1. The van der Waals surface area contributed by atoms with E-state index in [1.165, 1.54) is 0 Å². The van der Waals surface area contributed by atoms with Gasteiger partial charge in [-0.3, -0.25) is 0 Å². The Kier molecular flexibility index (Phi) is 5.27. The van der Waals surface area contributed by atoms with Crippen molar-refractivity contribution < 1.29 is 8.42 Å². The molecular weight excluding hydrogens is 332 g/mol. The molecule has 0 radical (unpaired) electrons. The summed E-state index contributed by atoms with van der Waals surface area (Å²) in [5.41, 5.74) is 2.19. The molecule has 0 aromatic heterocycles. The average molecular weight is 359 g/mol. The van der Waals surface area contributed by atoms with Crippen molar-refractivity contribution in [2.75, 3.05) is 26.7 Å². The van der Waals surface area contributed by atoms with E-state index in [1.807, 2.05) is 49.5 Å². The highest BCUT2D eigenvalue weighted by atomic mass is 32.2. The maximum absolute atomic E-state index is 13.3. The molecule has 0 spiro atoms. The first-order valence-electron chi connectivity index (χ1n) is 8.75. The molecule has 134 valence electrons. The molecule has 2 aromatic rings. The molecule has 1 aliphatic heterocycles. The first-order valence-corrected chi connectivity index (χ1v) is 10.2. The van der Waals surface area contributed by atoms with Gasteiger partial charge in [-0.05, 0) is 36.2 Å². The van der Waals surface area contributed by atoms with Crippen molar-refractivity contribution in [1.29, 1.82) is 0 Å². The van der Waals surface area contributed by atoms with Crippen LogP contribution in [-0.2, 0) is 10.0 Å². The highest BCUT2D eigenvalue weighted by Crippen LogP contribution is 2.31. The summed E-state index contributed by atoms with van der Waals surface area (Å²) in [6.45, 7) is 6.16. The Morgan fingerprint density at radius 2 is 1.60 bits per heavy atom. The Morgan fingerprint density at radius 3 is 2.20 bits per heavy atom. The zero-order valence-electron chi connectivity index (χ0n) is 15.1. The van der Waals surface area contributed by atoms with Crippen molar-refractivity contribution in [2.24, 2.45) is 0 Å². The van der Waals surface area contributed by atoms with E-state index in [4.69, 9.17) is 0 Å². The summed E-state index contributed by atoms with van der Waals surface area (Å²) < 4.78 is 28.2. The van der Waals surface area contributed by atoms with Gasteiger partial charge in [0, 0.05) is 19.6 Å². The predicted molar refractivity (Wildman–Crippen MR) is 101 cm³/mol. The normalized spacial score (nSPS) is 20.1. The molecule has 0 amide bonds. The van der Waals surface area contributed by atoms with Crippen LogP contribution in [0, 0.1) is 0 Å². The molecule has 3 rings (SSSR count). The van der Waals surface area contributed by atoms with Gasteiger partial charge in [0.1, 0.15) is 0 Å². The van der Waals surface area contributed by atoms with Crippen molar-refractivity contribution in [3.8, 4) is 0 Å². The van der Waals surface area contributed by atoms with E-state index in [1.54, 1.807) is 16.4 Å². The molecule has 1 heterocycles. The van der Waals surface area contributed by atoms with Gasteiger partial charge in [-0.25, -0.2) is 8.42 Å². The van der Waals surface area contributed by atoms with Gasteiger partial charge in [0.05, 0.1) is 10.9 Å². The highest BCUT2D eigenvalue weighted by molar-refractivity contribution is 7.89. The largest absolute Gasteiger partial charge is 0.303 e. The summed E-state index contributed by atoms with van der Waals surface area (Å²) in [7, 11) is -1.48. The lowest BCUT2D eigenvalue weighted by Gasteiger charge is -2.39. The minimum absolute atomic E-state index is 0.158. The number of likely N-dealkylation sites (N-methyl/N-ethyl adjacent to an activating group) is 1. The van der Waals surface area contributed by atoms with Crippen LogP contribution in [0.2, 0.25) is 0 Å². The number of benzene rings is 2. The van der Waals surface area contributed by atoms with Gasteiger partial charge >= 0.3 is 0 Å². The first kappa shape index (κ1) is 18.1. The highest BCUT2D eigenvalue weighted by Gasteiger charge is 2.35. The second-order valence-electron chi connectivity index (χ2n) is 7.03. The molecule has 1 fully saturated rings. The van der Waals surface area contributed by atoms with Crippen LogP contribution in [-0.4, -0.2) is 44.3 Å². The van der Waals surface area contributed by atoms with Crippen LogP contribution < -0.4 is 0 Å². The molecule has 2 aromatic carbocycles. The number of hydrogen-bond donors (Lipinski definition) is 0. The maximum atomic E-state index is 13.3. The summed E-state index contributed by atoms with van der Waals surface area (Å²) in [6, 6.07) is 17.1. The zero-order valence-corrected chi connectivity index (χ0v) is 15.9. The fourth-order valence-electron chi connectivity index (χ4n) is 3.30. The molecule has 1 aliphatic rings. The molecule has 4 nitrogen and oxygen atoms in total. The van der Waals surface area contributed by atoms with Crippen LogP contribution in [0.5, 0.6) is 0 Å². The van der Waals surface area contributed by atoms with Crippen molar-refractivity contribution in [3.05, 3.63) is 65.7 Å². The fraction of sp³-hybridized carbons (Fsp3) is 0.400. The van der Waals surface area contributed by atoms with E-state index in [9.17, 15) is 8.42 Å². The van der Waals surface area contributed by atoms with E-state index in [0.29, 0.717) is 23.9 Å². The molecule has 1 atom stereocenters. The summed E-state index contributed by atoms with van der Waals surface area (Å²) in [6.07, 6.45) is 0. The first-order chi connectivity index (χ1) is 11.9. The minimum atomic E-state index is -3.52. The Bertz CT molecular complexity index is 801. The topological polar surface area (TPSA) is 40.6 Å². The van der Waals surface area contributed by atoms with E-state index in [0.717, 1.165) is 17.7 Å². The number of sulfonamides is 1. The van der Waals surface area contributed by atoms with Crippen molar-refractivity contribution >= 4 is 10.0 Å². The number of nitrogens with zero attached hydrogens (tertiary/aromatic N) is 2. The molecular formula is C20H26N2O2S. The van der Waals surface area contributed by atoms with E-state index in [2.05, 4.69) is 18.7 Å². The summed E-state index contributed by atoms with van der Waals surface area (Å²) in [4.78, 5) is 2.56. The molecule has 0 saturated carbocycles. The van der Waals surface area contributed by atoms with Crippen molar-refractivity contribution in [1.82, 2.24) is 9.21 Å². The van der Waals surface area contributed by atoms with E-state index < -0.39 is 10.0 Å². The van der Waals surface area contributed by atoms with Crippen LogP contribution in [0.1, 0.15) is 36.9 Å². The predicted octanol–water partition coefficient (Wildman–Crippen LogP) is 3.49. The fourth-order valence-corrected chi connectivity index (χ4v) is 4.89. The Labute approximate surface area is 151 Å². The summed E-state index contributed by atoms with van der Waals surface area (Å²) in [5, 5.41) is 0. The van der Waals surface area contributed by atoms with E-state index in [-0.39, 0.29) is 6.04 Å². The van der Waals surface area contributed by atoms with Crippen LogP contribution >= 0.6 is 0 Å². The van der Waals surface area contributed by atoms with Gasteiger partial charge in [-0.1, -0.05) is 56.3 Å². The lowest BCUT2D eigenvalue weighted by molar-refractivity contribution is 0.160. The molecule has 5 heteroatoms. The molecule has 1 saturated heterocycles. The summed E-state index contributed by atoms with van der Waals surface area (Å²) in [5.74, 6) is 0.387. The van der Waals surface area contributed by atoms with E-state index >= 15 is 0 Å². The van der Waals surface area contributed by atoms with Crippen LogP contribution in [0.25, 0.3) is 0 Å². The van der Waals surface area contributed by atoms with Gasteiger partial charge in [0.15, 0.2) is 0 Å². The van der Waals surface area contributed by atoms with Crippen LogP contribution in [0.15, 0.2) is 59.5 Å². The van der Waals surface area contributed by atoms with Crippen LogP contribution in [0.4, 0.5) is 0 Å². The third kappa shape index (κ3) is 3.78. The second kappa shape index (κ2) is 7.28. The van der Waals surface area contributed by atoms with Crippen molar-refractivity contribution in [2.45, 2.75) is 30.7 Å². The molecule has 0 N–H and O–H groups in total. The quantitative estimate of drug-likeness (QED) is 0.840. The average Bonchev–Trinajstić information content (AvgIpc) is 2.62. The van der Waals surface area contributed by atoms with Gasteiger partial charge in [0.25, 0.3) is 0 Å². The smallest absolute Gasteiger partial charge is 0.243 e. The Hall–Kier alpha value is -1.69. The van der Waals surface area contributed by atoms with Gasteiger partial charge in [-0.15, -0.1) is 0 Å². The second-order valence-corrected chi connectivity index (χ2v) is 8.92. The molecule has 0 aliphatic carbocycles. The molecule has 0 bridgehead atoms. The number of rotatable bonds is 4. The van der Waals surface area contributed by atoms with Gasteiger partial charge in [0.2, 0.25) is 10.0 Å². The van der Waals surface area contributed by atoms with Crippen molar-refractivity contribution in [3.63, 3.8) is 0 Å². The Balaban J connectivity index is 1.96. The lowest BCUT2D eigenvalue weighted by atomic mass is 10.0. The Morgan fingerprint density at radius 1 is 0.960 bits per heavy atom. The van der Waals surface area contributed by atoms with Gasteiger partial charge < -0.3 is 4.90 Å². The monoisotopic (exact) mass is 358 g/mol. The third-order valence-electron chi connectivity index (χ3n) is 4.87. The SMILES string of the molecule is CC(C)c1ccc(S(=O)(=O)N2CCN(C)C[C@@H]2c2ccccc2)cc1. The zero-order chi connectivity index (χ0) is 18.0. The lowest BCUT2D eigenvalue weighted by Crippen LogP contribution is -2.49. The number of hydrogen-bond acceptors (Lipinski definition) is 3. The molecule has 25 heavy (non-hydrogen) atoms. The molecule has 0 unspecified atom stereocenters. The standard InChI is InChI=1S/C20H26N2O2S/c1-16(2)17-9-11-19(12-10-17)25(23,24)22-14-13-21(3)15-20(22)18-7-5-4-6-8-18/h4-12,16,20H,13-15H2,1-3H3/t20-/m1/s1. The summed E-state index contributed by atoms with van der Waals surface area (Å²) >= 11 is 0. The maximum Gasteiger partial charge on any atom is 0.243 e. The third-order valence-corrected chi connectivity index (χ3v) is 6.79. The minimum Gasteiger partial charge on any atom is -0.303 e. The van der Waals surface area contributed by atoms with Gasteiger partial charge in [-0.2, -0.15) is 4.31 Å².